The fourth-order valence-electron chi connectivity index (χ4n) is 2.68. The lowest BCUT2D eigenvalue weighted by Crippen LogP contribution is -2.33. The number of aromatic nitrogens is 4. The van der Waals surface area contributed by atoms with Crippen molar-refractivity contribution in [3.63, 3.8) is 0 Å². The zero-order chi connectivity index (χ0) is 13.6. The lowest BCUT2D eigenvalue weighted by atomic mass is 10.0. The average Bonchev–Trinajstić information content (AvgIpc) is 3.14. The van der Waals surface area contributed by atoms with E-state index in [1.54, 1.807) is 11.3 Å². The van der Waals surface area contributed by atoms with E-state index in [-0.39, 0.29) is 5.54 Å². The molecule has 1 aliphatic rings. The molecule has 20 heavy (non-hydrogen) atoms. The van der Waals surface area contributed by atoms with E-state index in [1.165, 1.54) is 6.42 Å². The summed E-state index contributed by atoms with van der Waals surface area (Å²) >= 11 is 1.62. The van der Waals surface area contributed by atoms with Crippen molar-refractivity contribution in [3.8, 4) is 11.4 Å². The SMILES string of the molecule is CC1(c2nn3c(-c4ccccc4)nnc3s2)CCCN1. The number of nitrogens with zero attached hydrogens (tertiary/aromatic N) is 4. The van der Waals surface area contributed by atoms with Crippen molar-refractivity contribution in [2.24, 2.45) is 0 Å². The van der Waals surface area contributed by atoms with Gasteiger partial charge in [0.2, 0.25) is 4.96 Å². The summed E-state index contributed by atoms with van der Waals surface area (Å²) in [5, 5.41) is 17.9. The zero-order valence-electron chi connectivity index (χ0n) is 11.2. The molecule has 0 radical (unpaired) electrons. The van der Waals surface area contributed by atoms with Crippen LogP contribution in [0.25, 0.3) is 16.3 Å². The van der Waals surface area contributed by atoms with E-state index in [2.05, 4.69) is 22.4 Å². The normalized spacial score (nSPS) is 22.6. The van der Waals surface area contributed by atoms with Crippen LogP contribution in [0.4, 0.5) is 0 Å². The molecule has 3 heterocycles. The second-order valence-corrected chi connectivity index (χ2v) is 6.31. The van der Waals surface area contributed by atoms with Crippen LogP contribution in [0.1, 0.15) is 24.8 Å². The van der Waals surface area contributed by atoms with Gasteiger partial charge in [0.15, 0.2) is 5.82 Å². The molecule has 1 aromatic carbocycles. The maximum Gasteiger partial charge on any atom is 0.235 e. The third-order valence-electron chi connectivity index (χ3n) is 3.86. The quantitative estimate of drug-likeness (QED) is 0.786. The van der Waals surface area contributed by atoms with Crippen molar-refractivity contribution in [1.29, 1.82) is 0 Å². The van der Waals surface area contributed by atoms with Crippen LogP contribution in [0, 0.1) is 0 Å². The first kappa shape index (κ1) is 12.0. The van der Waals surface area contributed by atoms with Crippen LogP contribution < -0.4 is 5.32 Å². The highest BCUT2D eigenvalue weighted by molar-refractivity contribution is 7.16. The third kappa shape index (κ3) is 1.76. The van der Waals surface area contributed by atoms with Crippen molar-refractivity contribution in [1.82, 2.24) is 25.1 Å². The fraction of sp³-hybridized carbons (Fsp3) is 0.357. The summed E-state index contributed by atoms with van der Waals surface area (Å²) in [6, 6.07) is 10.1. The van der Waals surface area contributed by atoms with Gasteiger partial charge in [-0.2, -0.15) is 9.61 Å². The third-order valence-corrected chi connectivity index (χ3v) is 5.03. The number of benzene rings is 1. The van der Waals surface area contributed by atoms with E-state index < -0.39 is 0 Å². The Bertz CT molecular complexity index is 739. The van der Waals surface area contributed by atoms with Gasteiger partial charge in [-0.1, -0.05) is 41.7 Å². The molecule has 1 aliphatic heterocycles. The number of nitrogens with one attached hydrogen (secondary N) is 1. The smallest absolute Gasteiger partial charge is 0.235 e. The first-order chi connectivity index (χ1) is 9.76. The standard InChI is InChI=1S/C14H15N5S/c1-14(8-5-9-15-14)12-18-19-11(16-17-13(19)20-12)10-6-3-2-4-7-10/h2-4,6-7,15H,5,8-9H2,1H3. The highest BCUT2D eigenvalue weighted by Crippen LogP contribution is 2.33. The summed E-state index contributed by atoms with van der Waals surface area (Å²) in [7, 11) is 0. The van der Waals surface area contributed by atoms with Crippen LogP contribution in [0.15, 0.2) is 30.3 Å². The molecule has 6 heteroatoms. The molecule has 3 aromatic rings. The predicted molar refractivity (Wildman–Crippen MR) is 78.7 cm³/mol. The van der Waals surface area contributed by atoms with Crippen LogP contribution in [0.3, 0.4) is 0 Å². The van der Waals surface area contributed by atoms with Crippen molar-refractivity contribution >= 4 is 16.3 Å². The molecule has 1 saturated heterocycles. The minimum absolute atomic E-state index is 0.0146. The summed E-state index contributed by atoms with van der Waals surface area (Å²) in [5.41, 5.74) is 1.03. The van der Waals surface area contributed by atoms with E-state index in [0.29, 0.717) is 0 Å². The summed E-state index contributed by atoms with van der Waals surface area (Å²) in [5.74, 6) is 0.810. The Morgan fingerprint density at radius 1 is 1.25 bits per heavy atom. The predicted octanol–water partition coefficient (Wildman–Crippen LogP) is 2.45. The highest BCUT2D eigenvalue weighted by Gasteiger charge is 2.34. The molecule has 1 atom stereocenters. The van der Waals surface area contributed by atoms with Gasteiger partial charge in [-0.05, 0) is 26.3 Å². The molecule has 2 aromatic heterocycles. The lowest BCUT2D eigenvalue weighted by molar-refractivity contribution is 0.427. The number of fused-ring (bicyclic) bond motifs is 1. The second kappa shape index (κ2) is 4.36. The van der Waals surface area contributed by atoms with E-state index in [9.17, 15) is 0 Å². The molecule has 0 saturated carbocycles. The molecular formula is C14H15N5S. The Morgan fingerprint density at radius 2 is 2.10 bits per heavy atom. The molecule has 0 spiro atoms. The summed E-state index contributed by atoms with van der Waals surface area (Å²) < 4.78 is 1.86. The van der Waals surface area contributed by atoms with Crippen molar-refractivity contribution < 1.29 is 0 Å². The Labute approximate surface area is 120 Å². The largest absolute Gasteiger partial charge is 0.306 e. The highest BCUT2D eigenvalue weighted by atomic mass is 32.1. The van der Waals surface area contributed by atoms with Gasteiger partial charge >= 0.3 is 0 Å². The molecular weight excluding hydrogens is 270 g/mol. The lowest BCUT2D eigenvalue weighted by Gasteiger charge is -2.20. The Morgan fingerprint density at radius 3 is 2.85 bits per heavy atom. The first-order valence-electron chi connectivity index (χ1n) is 6.79. The summed E-state index contributed by atoms with van der Waals surface area (Å²) in [4.78, 5) is 0.855. The molecule has 0 aliphatic carbocycles. The number of rotatable bonds is 2. The van der Waals surface area contributed by atoms with E-state index >= 15 is 0 Å². The topological polar surface area (TPSA) is 55.1 Å². The molecule has 1 fully saturated rings. The molecule has 0 amide bonds. The minimum Gasteiger partial charge on any atom is -0.306 e. The summed E-state index contributed by atoms with van der Waals surface area (Å²) in [6.07, 6.45) is 2.32. The van der Waals surface area contributed by atoms with Crippen molar-refractivity contribution in [2.45, 2.75) is 25.3 Å². The average molecular weight is 285 g/mol. The van der Waals surface area contributed by atoms with E-state index in [4.69, 9.17) is 5.10 Å². The van der Waals surface area contributed by atoms with Gasteiger partial charge in [0.05, 0.1) is 5.54 Å². The van der Waals surface area contributed by atoms with Gasteiger partial charge in [-0.25, -0.2) is 0 Å². The Hall–Kier alpha value is -1.79. The van der Waals surface area contributed by atoms with E-state index in [1.807, 2.05) is 34.8 Å². The van der Waals surface area contributed by atoms with Crippen LogP contribution >= 0.6 is 11.3 Å². The van der Waals surface area contributed by atoms with Crippen LogP contribution in [0.2, 0.25) is 0 Å². The first-order valence-corrected chi connectivity index (χ1v) is 7.61. The van der Waals surface area contributed by atoms with Crippen molar-refractivity contribution in [2.75, 3.05) is 6.54 Å². The molecule has 1 unspecified atom stereocenters. The maximum atomic E-state index is 4.75. The molecule has 0 bridgehead atoms. The maximum absolute atomic E-state index is 4.75. The van der Waals surface area contributed by atoms with Gasteiger partial charge in [0.1, 0.15) is 5.01 Å². The molecule has 1 N–H and O–H groups in total. The second-order valence-electron chi connectivity index (χ2n) is 5.35. The van der Waals surface area contributed by atoms with E-state index in [0.717, 1.165) is 34.3 Å². The number of hydrogen-bond acceptors (Lipinski definition) is 5. The Balaban J connectivity index is 1.83. The monoisotopic (exact) mass is 285 g/mol. The van der Waals surface area contributed by atoms with Crippen molar-refractivity contribution in [3.05, 3.63) is 35.3 Å². The van der Waals surface area contributed by atoms with Crippen LogP contribution in [-0.4, -0.2) is 26.4 Å². The summed E-state index contributed by atoms with van der Waals surface area (Å²) in [6.45, 7) is 3.27. The van der Waals surface area contributed by atoms with Gasteiger partial charge in [0, 0.05) is 5.56 Å². The van der Waals surface area contributed by atoms with Gasteiger partial charge < -0.3 is 5.32 Å². The van der Waals surface area contributed by atoms with Gasteiger partial charge in [-0.15, -0.1) is 10.2 Å². The van der Waals surface area contributed by atoms with Gasteiger partial charge in [-0.3, -0.25) is 0 Å². The van der Waals surface area contributed by atoms with Crippen LogP contribution in [-0.2, 0) is 5.54 Å². The number of hydrogen-bond donors (Lipinski definition) is 1. The van der Waals surface area contributed by atoms with Crippen LogP contribution in [0.5, 0.6) is 0 Å². The zero-order valence-corrected chi connectivity index (χ0v) is 12.0. The van der Waals surface area contributed by atoms with Gasteiger partial charge in [0.25, 0.3) is 0 Å². The molecule has 5 nitrogen and oxygen atoms in total. The molecule has 4 rings (SSSR count). The minimum atomic E-state index is -0.0146. The fourth-order valence-corrected chi connectivity index (χ4v) is 3.67. The molecule has 102 valence electrons. The Kier molecular flexibility index (Phi) is 2.61.